The van der Waals surface area contributed by atoms with Gasteiger partial charge in [-0.2, -0.15) is 0 Å². The summed E-state index contributed by atoms with van der Waals surface area (Å²) in [5.74, 6) is 0.442. The van der Waals surface area contributed by atoms with Gasteiger partial charge in [0.15, 0.2) is 0 Å². The molecule has 0 heterocycles. The third kappa shape index (κ3) is 5.68. The summed E-state index contributed by atoms with van der Waals surface area (Å²) in [5.41, 5.74) is 7.44. The van der Waals surface area contributed by atoms with Crippen molar-refractivity contribution in [2.45, 2.75) is 100 Å². The van der Waals surface area contributed by atoms with Gasteiger partial charge >= 0.3 is 0 Å². The molecule has 0 unspecified atom stereocenters. The smallest absolute Gasteiger partial charge is 0.123 e. The van der Waals surface area contributed by atoms with Gasteiger partial charge in [-0.05, 0) is 57.4 Å². The Kier molecular flexibility index (Phi) is 6.32. The van der Waals surface area contributed by atoms with Crippen LogP contribution in [-0.2, 0) is 10.8 Å². The molecule has 0 aliphatic heterocycles. The van der Waals surface area contributed by atoms with E-state index in [-0.39, 0.29) is 21.7 Å². The maximum atomic E-state index is 11.0. The highest BCUT2D eigenvalue weighted by Crippen LogP contribution is 2.43. The van der Waals surface area contributed by atoms with Crippen LogP contribution in [0.15, 0.2) is 41.0 Å². The molecule has 0 bridgehead atoms. The van der Waals surface area contributed by atoms with Crippen molar-refractivity contribution >= 4 is 6.08 Å². The summed E-state index contributed by atoms with van der Waals surface area (Å²) in [4.78, 5) is 0. The monoisotopic (exact) mass is 408 g/mol. The van der Waals surface area contributed by atoms with Crippen LogP contribution in [0.1, 0.15) is 106 Å². The quantitative estimate of drug-likeness (QED) is 0.492. The van der Waals surface area contributed by atoms with Crippen LogP contribution in [0.25, 0.3) is 6.08 Å². The number of hydrogen-bond acceptors (Lipinski definition) is 1. The van der Waals surface area contributed by atoms with Crippen LogP contribution in [0.5, 0.6) is 5.75 Å². The summed E-state index contributed by atoms with van der Waals surface area (Å²) in [6.07, 6.45) is 8.08. The van der Waals surface area contributed by atoms with Crippen LogP contribution in [-0.4, -0.2) is 5.11 Å². The molecule has 1 heteroatoms. The number of phenols is 1. The SMILES string of the molecule is CC(C)(C)C1=CC(=Cc2cc(C(C)(C)C)c(O)c(C(C)(C)C)c2)C=C(C(C)(C)C)C1. The zero-order valence-corrected chi connectivity index (χ0v) is 21.5. The van der Waals surface area contributed by atoms with Gasteiger partial charge in [-0.25, -0.2) is 0 Å². The second-order valence-electron chi connectivity index (χ2n) is 13.1. The van der Waals surface area contributed by atoms with Gasteiger partial charge in [0.1, 0.15) is 5.75 Å². The standard InChI is InChI=1S/C29H44O/c1-26(2,3)21-14-19(15-22(18-21)27(4,5)6)13-20-16-23(28(7,8)9)25(30)24(17-20)29(10,11)12/h13-17,30H,18H2,1-12H3. The molecule has 1 N–H and O–H groups in total. The van der Waals surface area contributed by atoms with Crippen molar-refractivity contribution in [2.24, 2.45) is 10.8 Å². The molecule has 166 valence electrons. The first-order chi connectivity index (χ1) is 13.3. The summed E-state index contributed by atoms with van der Waals surface area (Å²) in [6, 6.07) is 4.34. The van der Waals surface area contributed by atoms with E-state index in [4.69, 9.17) is 0 Å². The van der Waals surface area contributed by atoms with E-state index in [1.165, 1.54) is 16.7 Å². The van der Waals surface area contributed by atoms with E-state index in [2.05, 4.69) is 113 Å². The summed E-state index contributed by atoms with van der Waals surface area (Å²) in [6.45, 7) is 26.8. The minimum absolute atomic E-state index is 0.121. The topological polar surface area (TPSA) is 20.2 Å². The highest BCUT2D eigenvalue weighted by molar-refractivity contribution is 5.66. The molecule has 0 saturated heterocycles. The van der Waals surface area contributed by atoms with Crippen LogP contribution in [0.3, 0.4) is 0 Å². The summed E-state index contributed by atoms with van der Waals surface area (Å²) in [5, 5.41) is 11.0. The Balaban J connectivity index is 2.74. The van der Waals surface area contributed by atoms with Crippen molar-refractivity contribution in [3.8, 4) is 5.75 Å². The molecule has 0 spiro atoms. The summed E-state index contributed by atoms with van der Waals surface area (Å²) < 4.78 is 0. The number of allylic oxidation sites excluding steroid dienone is 5. The molecule has 1 nitrogen and oxygen atoms in total. The van der Waals surface area contributed by atoms with Gasteiger partial charge in [-0.3, -0.25) is 0 Å². The van der Waals surface area contributed by atoms with Crippen LogP contribution >= 0.6 is 0 Å². The normalized spacial score (nSPS) is 16.3. The van der Waals surface area contributed by atoms with Crippen LogP contribution in [0, 0.1) is 10.8 Å². The molecule has 1 aliphatic rings. The fourth-order valence-electron chi connectivity index (χ4n) is 3.87. The van der Waals surface area contributed by atoms with Gasteiger partial charge in [0.2, 0.25) is 0 Å². The molecule has 1 aromatic carbocycles. The fraction of sp³-hybridized carbons (Fsp3) is 0.586. The Hall–Kier alpha value is -1.76. The van der Waals surface area contributed by atoms with E-state index in [1.54, 1.807) is 0 Å². The van der Waals surface area contributed by atoms with Gasteiger partial charge in [-0.15, -0.1) is 0 Å². The molecule has 0 aromatic heterocycles. The third-order valence-electron chi connectivity index (χ3n) is 6.07. The Bertz CT molecular complexity index is 825. The van der Waals surface area contributed by atoms with Crippen molar-refractivity contribution in [1.29, 1.82) is 0 Å². The maximum Gasteiger partial charge on any atom is 0.123 e. The second-order valence-corrected chi connectivity index (χ2v) is 13.1. The van der Waals surface area contributed by atoms with E-state index >= 15 is 0 Å². The second kappa shape index (κ2) is 7.74. The molecule has 1 aromatic rings. The average molecular weight is 409 g/mol. The largest absolute Gasteiger partial charge is 0.507 e. The summed E-state index contributed by atoms with van der Waals surface area (Å²) in [7, 11) is 0. The van der Waals surface area contributed by atoms with Crippen molar-refractivity contribution in [2.75, 3.05) is 0 Å². The van der Waals surface area contributed by atoms with Gasteiger partial charge in [-0.1, -0.05) is 106 Å². The van der Waals surface area contributed by atoms with Crippen LogP contribution < -0.4 is 0 Å². The number of phenolic OH excluding ortho intramolecular Hbond substituents is 1. The third-order valence-corrected chi connectivity index (χ3v) is 6.07. The maximum absolute atomic E-state index is 11.0. The highest BCUT2D eigenvalue weighted by Gasteiger charge is 2.28. The van der Waals surface area contributed by atoms with Gasteiger partial charge in [0.25, 0.3) is 0 Å². The minimum atomic E-state index is -0.121. The van der Waals surface area contributed by atoms with E-state index < -0.39 is 0 Å². The molecule has 0 atom stereocenters. The molecular weight excluding hydrogens is 364 g/mol. The summed E-state index contributed by atoms with van der Waals surface area (Å²) >= 11 is 0. The highest BCUT2D eigenvalue weighted by atomic mass is 16.3. The van der Waals surface area contributed by atoms with Crippen molar-refractivity contribution < 1.29 is 5.11 Å². The Morgan fingerprint density at radius 3 is 1.30 bits per heavy atom. The lowest BCUT2D eigenvalue weighted by atomic mass is 9.72. The number of benzene rings is 1. The zero-order valence-electron chi connectivity index (χ0n) is 21.5. The molecule has 0 radical (unpaired) electrons. The average Bonchev–Trinajstić information content (AvgIpc) is 2.52. The zero-order chi connectivity index (χ0) is 23.3. The Morgan fingerprint density at radius 2 is 1.00 bits per heavy atom. The van der Waals surface area contributed by atoms with Crippen LogP contribution in [0.2, 0.25) is 0 Å². The van der Waals surface area contributed by atoms with Gasteiger partial charge in [0, 0.05) is 11.1 Å². The first-order valence-corrected chi connectivity index (χ1v) is 11.3. The van der Waals surface area contributed by atoms with E-state index in [1.807, 2.05) is 0 Å². The van der Waals surface area contributed by atoms with E-state index in [9.17, 15) is 5.11 Å². The molecule has 1 aliphatic carbocycles. The van der Waals surface area contributed by atoms with Crippen LogP contribution in [0.4, 0.5) is 0 Å². The fourth-order valence-corrected chi connectivity index (χ4v) is 3.87. The van der Waals surface area contributed by atoms with Crippen molar-refractivity contribution in [3.63, 3.8) is 0 Å². The lowest BCUT2D eigenvalue weighted by Crippen LogP contribution is -2.19. The first kappa shape index (κ1) is 24.5. The Labute approximate surface area is 186 Å². The lowest BCUT2D eigenvalue weighted by molar-refractivity contribution is 0.423. The molecular formula is C29H44O. The van der Waals surface area contributed by atoms with Gasteiger partial charge in [0.05, 0.1) is 0 Å². The number of hydrogen-bond donors (Lipinski definition) is 1. The van der Waals surface area contributed by atoms with Crippen molar-refractivity contribution in [3.05, 3.63) is 57.7 Å². The van der Waals surface area contributed by atoms with Crippen molar-refractivity contribution in [1.82, 2.24) is 0 Å². The molecule has 0 fully saturated rings. The molecule has 0 amide bonds. The predicted octanol–water partition coefficient (Wildman–Crippen LogP) is 8.72. The minimum Gasteiger partial charge on any atom is -0.507 e. The molecule has 2 rings (SSSR count). The lowest BCUT2D eigenvalue weighted by Gasteiger charge is -2.33. The van der Waals surface area contributed by atoms with E-state index in [0.29, 0.717) is 5.75 Å². The molecule has 30 heavy (non-hydrogen) atoms. The predicted molar refractivity (Wildman–Crippen MR) is 133 cm³/mol. The molecule has 0 saturated carbocycles. The first-order valence-electron chi connectivity index (χ1n) is 11.3. The van der Waals surface area contributed by atoms with E-state index in [0.717, 1.165) is 23.1 Å². The number of aromatic hydroxyl groups is 1. The Morgan fingerprint density at radius 1 is 0.633 bits per heavy atom. The van der Waals surface area contributed by atoms with Gasteiger partial charge < -0.3 is 5.11 Å². The number of rotatable bonds is 1.